The zero-order valence-corrected chi connectivity index (χ0v) is 10.7. The molecular formula is C14H13FN2S. The Bertz CT molecular complexity index is 596. The van der Waals surface area contributed by atoms with Gasteiger partial charge in [0.25, 0.3) is 0 Å². The molecule has 0 bridgehead atoms. The van der Waals surface area contributed by atoms with E-state index in [2.05, 4.69) is 5.32 Å². The molecule has 92 valence electrons. The van der Waals surface area contributed by atoms with E-state index in [1.807, 2.05) is 25.1 Å². The molecule has 0 saturated heterocycles. The van der Waals surface area contributed by atoms with Crippen LogP contribution in [0.5, 0.6) is 0 Å². The quantitative estimate of drug-likeness (QED) is 0.829. The SMILES string of the molecule is Cc1ccc(F)c(Nc2ccccc2C(N)=S)c1. The van der Waals surface area contributed by atoms with E-state index in [4.69, 9.17) is 18.0 Å². The number of thiocarbonyl (C=S) groups is 1. The molecule has 0 aliphatic heterocycles. The Labute approximate surface area is 111 Å². The van der Waals surface area contributed by atoms with Gasteiger partial charge in [0.05, 0.1) is 5.69 Å². The van der Waals surface area contributed by atoms with Crippen molar-refractivity contribution < 1.29 is 4.39 Å². The summed E-state index contributed by atoms with van der Waals surface area (Å²) in [7, 11) is 0. The summed E-state index contributed by atoms with van der Waals surface area (Å²) in [5.74, 6) is -0.307. The van der Waals surface area contributed by atoms with E-state index in [9.17, 15) is 4.39 Å². The van der Waals surface area contributed by atoms with Gasteiger partial charge in [0.15, 0.2) is 0 Å². The van der Waals surface area contributed by atoms with Crippen LogP contribution in [0, 0.1) is 12.7 Å². The summed E-state index contributed by atoms with van der Waals surface area (Å²) in [4.78, 5) is 0.283. The maximum atomic E-state index is 13.7. The standard InChI is InChI=1S/C14H13FN2S/c1-9-6-7-11(15)13(8-9)17-12-5-3-2-4-10(12)14(16)18/h2-8,17H,1H3,(H2,16,18). The first-order chi connectivity index (χ1) is 8.58. The molecule has 3 N–H and O–H groups in total. The van der Waals surface area contributed by atoms with E-state index in [0.717, 1.165) is 5.56 Å². The average Bonchev–Trinajstić information content (AvgIpc) is 2.34. The first kappa shape index (κ1) is 12.5. The number of rotatable bonds is 3. The predicted molar refractivity (Wildman–Crippen MR) is 76.7 cm³/mol. The highest BCUT2D eigenvalue weighted by Crippen LogP contribution is 2.23. The molecule has 0 heterocycles. The van der Waals surface area contributed by atoms with E-state index in [1.165, 1.54) is 6.07 Å². The fourth-order valence-electron chi connectivity index (χ4n) is 1.69. The summed E-state index contributed by atoms with van der Waals surface area (Å²) in [5.41, 5.74) is 8.43. The monoisotopic (exact) mass is 260 g/mol. The number of para-hydroxylation sites is 1. The average molecular weight is 260 g/mol. The first-order valence-electron chi connectivity index (χ1n) is 5.50. The Morgan fingerprint density at radius 2 is 1.89 bits per heavy atom. The lowest BCUT2D eigenvalue weighted by molar-refractivity contribution is 0.631. The lowest BCUT2D eigenvalue weighted by Gasteiger charge is -2.12. The van der Waals surface area contributed by atoms with Gasteiger partial charge in [-0.2, -0.15) is 0 Å². The summed E-state index contributed by atoms with van der Waals surface area (Å²) in [6.45, 7) is 1.91. The minimum absolute atomic E-state index is 0.283. The van der Waals surface area contributed by atoms with E-state index >= 15 is 0 Å². The molecule has 0 atom stereocenters. The Balaban J connectivity index is 2.40. The molecule has 2 aromatic carbocycles. The molecule has 0 fully saturated rings. The van der Waals surface area contributed by atoms with Gasteiger partial charge in [0.1, 0.15) is 10.8 Å². The molecule has 0 amide bonds. The molecule has 0 radical (unpaired) electrons. The first-order valence-corrected chi connectivity index (χ1v) is 5.91. The van der Waals surface area contributed by atoms with Gasteiger partial charge in [0.2, 0.25) is 0 Å². The van der Waals surface area contributed by atoms with Crippen LogP contribution in [0.4, 0.5) is 15.8 Å². The van der Waals surface area contributed by atoms with Crippen LogP contribution in [0.2, 0.25) is 0 Å². The zero-order valence-electron chi connectivity index (χ0n) is 9.91. The number of aryl methyl sites for hydroxylation is 1. The molecule has 0 saturated carbocycles. The van der Waals surface area contributed by atoms with Gasteiger partial charge in [-0.3, -0.25) is 0 Å². The summed E-state index contributed by atoms with van der Waals surface area (Å²) in [5, 5.41) is 3.02. The van der Waals surface area contributed by atoms with Gasteiger partial charge in [-0.15, -0.1) is 0 Å². The molecule has 4 heteroatoms. The van der Waals surface area contributed by atoms with Crippen LogP contribution < -0.4 is 11.1 Å². The highest BCUT2D eigenvalue weighted by molar-refractivity contribution is 7.80. The smallest absolute Gasteiger partial charge is 0.146 e. The molecule has 0 aromatic heterocycles. The molecule has 0 spiro atoms. The molecule has 0 aliphatic rings. The molecule has 18 heavy (non-hydrogen) atoms. The van der Waals surface area contributed by atoms with Crippen LogP contribution in [0.1, 0.15) is 11.1 Å². The Kier molecular flexibility index (Phi) is 3.58. The lowest BCUT2D eigenvalue weighted by atomic mass is 10.1. The number of anilines is 2. The van der Waals surface area contributed by atoms with Crippen molar-refractivity contribution in [2.45, 2.75) is 6.92 Å². The van der Waals surface area contributed by atoms with Gasteiger partial charge < -0.3 is 11.1 Å². The maximum Gasteiger partial charge on any atom is 0.146 e. The lowest BCUT2D eigenvalue weighted by Crippen LogP contribution is -2.12. The fourth-order valence-corrected chi connectivity index (χ4v) is 1.86. The van der Waals surface area contributed by atoms with Crippen molar-refractivity contribution in [1.29, 1.82) is 0 Å². The van der Waals surface area contributed by atoms with Crippen molar-refractivity contribution in [3.05, 3.63) is 59.4 Å². The highest BCUT2D eigenvalue weighted by Gasteiger charge is 2.07. The fraction of sp³-hybridized carbons (Fsp3) is 0.0714. The van der Waals surface area contributed by atoms with Crippen LogP contribution in [0.25, 0.3) is 0 Å². The second-order valence-corrected chi connectivity index (χ2v) is 4.46. The molecule has 0 unspecified atom stereocenters. The van der Waals surface area contributed by atoms with Gasteiger partial charge >= 0.3 is 0 Å². The van der Waals surface area contributed by atoms with E-state index < -0.39 is 0 Å². The van der Waals surface area contributed by atoms with Crippen molar-refractivity contribution in [3.63, 3.8) is 0 Å². The summed E-state index contributed by atoms with van der Waals surface area (Å²) in [6, 6.07) is 12.2. The minimum atomic E-state index is -0.307. The van der Waals surface area contributed by atoms with Crippen LogP contribution in [-0.2, 0) is 0 Å². The third-order valence-corrected chi connectivity index (χ3v) is 2.80. The zero-order chi connectivity index (χ0) is 13.1. The summed E-state index contributed by atoms with van der Waals surface area (Å²) < 4.78 is 13.7. The summed E-state index contributed by atoms with van der Waals surface area (Å²) >= 11 is 4.97. The number of hydrogen-bond acceptors (Lipinski definition) is 2. The van der Waals surface area contributed by atoms with Gasteiger partial charge in [-0.25, -0.2) is 4.39 Å². The van der Waals surface area contributed by atoms with Crippen molar-refractivity contribution in [2.24, 2.45) is 5.73 Å². The maximum absolute atomic E-state index is 13.7. The predicted octanol–water partition coefficient (Wildman–Crippen LogP) is 3.51. The van der Waals surface area contributed by atoms with Crippen molar-refractivity contribution in [1.82, 2.24) is 0 Å². The number of nitrogens with one attached hydrogen (secondary N) is 1. The van der Waals surface area contributed by atoms with Crippen molar-refractivity contribution in [3.8, 4) is 0 Å². The molecule has 2 aromatic rings. The number of halogens is 1. The topological polar surface area (TPSA) is 38.0 Å². The van der Waals surface area contributed by atoms with E-state index in [-0.39, 0.29) is 10.8 Å². The Hall–Kier alpha value is -1.94. The molecule has 2 rings (SSSR count). The number of nitrogens with two attached hydrogens (primary N) is 1. The van der Waals surface area contributed by atoms with Gasteiger partial charge in [0, 0.05) is 11.3 Å². The Morgan fingerprint density at radius 3 is 2.61 bits per heavy atom. The normalized spacial score (nSPS) is 10.1. The molecular weight excluding hydrogens is 247 g/mol. The van der Waals surface area contributed by atoms with Crippen LogP contribution in [-0.4, -0.2) is 4.99 Å². The van der Waals surface area contributed by atoms with E-state index in [0.29, 0.717) is 16.9 Å². The largest absolute Gasteiger partial charge is 0.389 e. The summed E-state index contributed by atoms with van der Waals surface area (Å²) in [6.07, 6.45) is 0. The van der Waals surface area contributed by atoms with Gasteiger partial charge in [-0.1, -0.05) is 30.4 Å². The molecule has 2 nitrogen and oxygen atoms in total. The second kappa shape index (κ2) is 5.14. The van der Waals surface area contributed by atoms with Crippen molar-refractivity contribution in [2.75, 3.05) is 5.32 Å². The second-order valence-electron chi connectivity index (χ2n) is 4.02. The third kappa shape index (κ3) is 2.65. The highest BCUT2D eigenvalue weighted by atomic mass is 32.1. The third-order valence-electron chi connectivity index (χ3n) is 2.58. The van der Waals surface area contributed by atoms with Crippen molar-refractivity contribution >= 4 is 28.6 Å². The van der Waals surface area contributed by atoms with Crippen LogP contribution in [0.3, 0.4) is 0 Å². The van der Waals surface area contributed by atoms with Crippen LogP contribution >= 0.6 is 12.2 Å². The van der Waals surface area contributed by atoms with Gasteiger partial charge in [-0.05, 0) is 36.8 Å². The van der Waals surface area contributed by atoms with E-state index in [1.54, 1.807) is 18.2 Å². The number of benzene rings is 2. The molecule has 0 aliphatic carbocycles. The minimum Gasteiger partial charge on any atom is -0.389 e. The van der Waals surface area contributed by atoms with Crippen LogP contribution in [0.15, 0.2) is 42.5 Å². The number of hydrogen-bond donors (Lipinski definition) is 2. The Morgan fingerprint density at radius 1 is 1.17 bits per heavy atom.